The first-order valence-corrected chi connectivity index (χ1v) is 5.58. The monoisotopic (exact) mass is 220 g/mol. The molecule has 1 aromatic rings. The maximum Gasteiger partial charge on any atom is 0.165 e. The van der Waals surface area contributed by atoms with E-state index >= 15 is 0 Å². The number of carbonyl (C=O) groups is 1. The van der Waals surface area contributed by atoms with Crippen molar-refractivity contribution in [3.8, 4) is 0 Å². The molecule has 0 saturated heterocycles. The normalized spacial score (nSPS) is 10.6. The molecule has 0 aromatic heterocycles. The molecule has 0 N–H and O–H groups in total. The summed E-state index contributed by atoms with van der Waals surface area (Å²) in [6.07, 6.45) is 0.459. The summed E-state index contributed by atoms with van der Waals surface area (Å²) >= 11 is 0. The minimum atomic E-state index is 0.184. The van der Waals surface area contributed by atoms with Crippen LogP contribution in [0.1, 0.15) is 39.0 Å². The van der Waals surface area contributed by atoms with Crippen LogP contribution in [0.5, 0.6) is 0 Å². The van der Waals surface area contributed by atoms with Gasteiger partial charge >= 0.3 is 0 Å². The molecule has 0 saturated carbocycles. The predicted octanol–water partition coefficient (Wildman–Crippen LogP) is 3.14. The third-order valence-corrected chi connectivity index (χ3v) is 3.18. The van der Waals surface area contributed by atoms with Gasteiger partial charge in [0.05, 0.1) is 6.61 Å². The molecule has 0 aliphatic heterocycles. The zero-order chi connectivity index (χ0) is 12.3. The minimum absolute atomic E-state index is 0.184. The lowest BCUT2D eigenvalue weighted by molar-refractivity contribution is 0.0931. The molecule has 1 rings (SSSR count). The Labute approximate surface area is 97.6 Å². The molecule has 0 aliphatic rings. The van der Waals surface area contributed by atoms with E-state index in [0.717, 1.165) is 16.7 Å². The molecule has 16 heavy (non-hydrogen) atoms. The van der Waals surface area contributed by atoms with E-state index in [0.29, 0.717) is 13.0 Å². The van der Waals surface area contributed by atoms with Crippen LogP contribution in [0.15, 0.2) is 6.07 Å². The van der Waals surface area contributed by atoms with E-state index in [1.54, 1.807) is 7.11 Å². The highest BCUT2D eigenvalue weighted by Gasteiger charge is 2.15. The van der Waals surface area contributed by atoms with Gasteiger partial charge in [-0.3, -0.25) is 4.79 Å². The highest BCUT2D eigenvalue weighted by Crippen LogP contribution is 2.22. The largest absolute Gasteiger partial charge is 0.384 e. The van der Waals surface area contributed by atoms with Crippen molar-refractivity contribution in [1.82, 2.24) is 0 Å². The van der Waals surface area contributed by atoms with Gasteiger partial charge in [-0.15, -0.1) is 0 Å². The second-order valence-electron chi connectivity index (χ2n) is 4.30. The third kappa shape index (κ3) is 2.50. The number of hydrogen-bond acceptors (Lipinski definition) is 2. The number of Topliss-reactive ketones (excluding diaryl/α,β-unsaturated/α-hetero) is 1. The highest BCUT2D eigenvalue weighted by molar-refractivity contribution is 5.99. The molecule has 88 valence electrons. The van der Waals surface area contributed by atoms with Crippen LogP contribution in [0, 0.1) is 27.7 Å². The Bertz CT molecular complexity index is 379. The van der Waals surface area contributed by atoms with Crippen molar-refractivity contribution < 1.29 is 9.53 Å². The second kappa shape index (κ2) is 5.26. The molecular formula is C14H20O2. The number of carbonyl (C=O) groups excluding carboxylic acids is 1. The van der Waals surface area contributed by atoms with Gasteiger partial charge in [-0.2, -0.15) is 0 Å². The molecule has 0 unspecified atom stereocenters. The minimum Gasteiger partial charge on any atom is -0.384 e. The standard InChI is InChI=1S/C14H20O2/c1-9-8-10(2)12(4)14(11(9)3)13(15)6-7-16-5/h8H,6-7H2,1-5H3. The van der Waals surface area contributed by atoms with Crippen LogP contribution in [-0.4, -0.2) is 19.5 Å². The molecule has 0 aliphatic carbocycles. The van der Waals surface area contributed by atoms with Crippen molar-refractivity contribution in [2.24, 2.45) is 0 Å². The smallest absolute Gasteiger partial charge is 0.165 e. The Morgan fingerprint density at radius 3 is 2.06 bits per heavy atom. The Kier molecular flexibility index (Phi) is 4.25. The van der Waals surface area contributed by atoms with Crippen molar-refractivity contribution in [2.45, 2.75) is 34.1 Å². The number of methoxy groups -OCH3 is 1. The molecular weight excluding hydrogens is 200 g/mol. The van der Waals surface area contributed by atoms with Gasteiger partial charge in [-0.1, -0.05) is 6.07 Å². The number of ether oxygens (including phenoxy) is 1. The fraction of sp³-hybridized carbons (Fsp3) is 0.500. The Morgan fingerprint density at radius 2 is 1.62 bits per heavy atom. The van der Waals surface area contributed by atoms with Crippen molar-refractivity contribution in [1.29, 1.82) is 0 Å². The van der Waals surface area contributed by atoms with Crippen molar-refractivity contribution in [3.05, 3.63) is 33.9 Å². The average molecular weight is 220 g/mol. The summed E-state index contributed by atoms with van der Waals surface area (Å²) in [7, 11) is 1.62. The maximum absolute atomic E-state index is 12.1. The van der Waals surface area contributed by atoms with Crippen LogP contribution in [0.4, 0.5) is 0 Å². The number of ketones is 1. The number of rotatable bonds is 4. The number of hydrogen-bond donors (Lipinski definition) is 0. The maximum atomic E-state index is 12.1. The molecule has 1 aromatic carbocycles. The summed E-state index contributed by atoms with van der Waals surface area (Å²) in [4.78, 5) is 12.1. The van der Waals surface area contributed by atoms with Gasteiger partial charge in [-0.05, 0) is 49.9 Å². The van der Waals surface area contributed by atoms with Crippen molar-refractivity contribution in [3.63, 3.8) is 0 Å². The zero-order valence-corrected chi connectivity index (χ0v) is 10.8. The van der Waals surface area contributed by atoms with Crippen LogP contribution >= 0.6 is 0 Å². The van der Waals surface area contributed by atoms with Gasteiger partial charge in [0.15, 0.2) is 5.78 Å². The highest BCUT2D eigenvalue weighted by atomic mass is 16.5. The quantitative estimate of drug-likeness (QED) is 0.729. The molecule has 0 heterocycles. The fourth-order valence-electron chi connectivity index (χ4n) is 1.95. The first-order valence-electron chi connectivity index (χ1n) is 5.58. The molecule has 0 bridgehead atoms. The van der Waals surface area contributed by atoms with Gasteiger partial charge in [0.2, 0.25) is 0 Å². The Balaban J connectivity index is 3.16. The van der Waals surface area contributed by atoms with Crippen LogP contribution in [0.3, 0.4) is 0 Å². The van der Waals surface area contributed by atoms with E-state index in [9.17, 15) is 4.79 Å². The number of benzene rings is 1. The molecule has 2 heteroatoms. The number of aryl methyl sites for hydroxylation is 2. The molecule has 0 spiro atoms. The Hall–Kier alpha value is -1.15. The molecule has 0 fully saturated rings. The van der Waals surface area contributed by atoms with Gasteiger partial charge in [0, 0.05) is 19.1 Å². The van der Waals surface area contributed by atoms with E-state index in [1.807, 2.05) is 13.8 Å². The van der Waals surface area contributed by atoms with Crippen molar-refractivity contribution >= 4 is 5.78 Å². The summed E-state index contributed by atoms with van der Waals surface area (Å²) in [5.74, 6) is 0.184. The third-order valence-electron chi connectivity index (χ3n) is 3.18. The van der Waals surface area contributed by atoms with Gasteiger partial charge < -0.3 is 4.74 Å². The molecule has 0 atom stereocenters. The predicted molar refractivity (Wildman–Crippen MR) is 66.2 cm³/mol. The first-order chi connectivity index (χ1) is 7.49. The first kappa shape index (κ1) is 12.9. The second-order valence-corrected chi connectivity index (χ2v) is 4.30. The average Bonchev–Trinajstić information content (AvgIpc) is 2.24. The SMILES string of the molecule is COCCC(=O)c1c(C)c(C)cc(C)c1C. The van der Waals surface area contributed by atoms with Crippen molar-refractivity contribution in [2.75, 3.05) is 13.7 Å². The summed E-state index contributed by atoms with van der Waals surface area (Å²) in [6, 6.07) is 2.14. The van der Waals surface area contributed by atoms with Crippen LogP contribution < -0.4 is 0 Å². The van der Waals surface area contributed by atoms with E-state index in [4.69, 9.17) is 4.74 Å². The van der Waals surface area contributed by atoms with E-state index < -0.39 is 0 Å². The van der Waals surface area contributed by atoms with Gasteiger partial charge in [0.25, 0.3) is 0 Å². The zero-order valence-electron chi connectivity index (χ0n) is 10.8. The molecule has 0 radical (unpaired) electrons. The van der Waals surface area contributed by atoms with E-state index in [1.165, 1.54) is 11.1 Å². The lowest BCUT2D eigenvalue weighted by atomic mass is 9.91. The van der Waals surface area contributed by atoms with Crippen LogP contribution in [-0.2, 0) is 4.74 Å². The Morgan fingerprint density at radius 1 is 1.12 bits per heavy atom. The topological polar surface area (TPSA) is 26.3 Å². The van der Waals surface area contributed by atoms with E-state index in [-0.39, 0.29) is 5.78 Å². The lowest BCUT2D eigenvalue weighted by Gasteiger charge is -2.14. The fourth-order valence-corrected chi connectivity index (χ4v) is 1.95. The van der Waals surface area contributed by atoms with E-state index in [2.05, 4.69) is 19.9 Å². The lowest BCUT2D eigenvalue weighted by Crippen LogP contribution is -2.09. The molecule has 0 amide bonds. The summed E-state index contributed by atoms with van der Waals surface area (Å²) < 4.78 is 4.95. The van der Waals surface area contributed by atoms with Gasteiger partial charge in [-0.25, -0.2) is 0 Å². The van der Waals surface area contributed by atoms with Gasteiger partial charge in [0.1, 0.15) is 0 Å². The van der Waals surface area contributed by atoms with Crippen LogP contribution in [0.25, 0.3) is 0 Å². The summed E-state index contributed by atoms with van der Waals surface area (Å²) in [6.45, 7) is 8.62. The summed E-state index contributed by atoms with van der Waals surface area (Å²) in [5.41, 5.74) is 5.45. The summed E-state index contributed by atoms with van der Waals surface area (Å²) in [5, 5.41) is 0. The van der Waals surface area contributed by atoms with Crippen LogP contribution in [0.2, 0.25) is 0 Å². The molecule has 2 nitrogen and oxygen atoms in total.